The highest BCUT2D eigenvalue weighted by atomic mass is 19.1. The van der Waals surface area contributed by atoms with Crippen molar-refractivity contribution in [3.63, 3.8) is 0 Å². The molecule has 2 N–H and O–H groups in total. The van der Waals surface area contributed by atoms with Crippen molar-refractivity contribution < 1.29 is 13.7 Å². The summed E-state index contributed by atoms with van der Waals surface area (Å²) in [6.45, 7) is 0.689. The van der Waals surface area contributed by atoms with E-state index in [2.05, 4.69) is 5.16 Å². The predicted molar refractivity (Wildman–Crippen MR) is 64.2 cm³/mol. The van der Waals surface area contributed by atoms with Crippen LogP contribution in [0.15, 0.2) is 28.8 Å². The van der Waals surface area contributed by atoms with Crippen LogP contribution in [0.1, 0.15) is 24.6 Å². The van der Waals surface area contributed by atoms with Crippen molar-refractivity contribution in [1.82, 2.24) is 5.16 Å². The quantitative estimate of drug-likeness (QED) is 0.887. The summed E-state index contributed by atoms with van der Waals surface area (Å²) in [4.78, 5) is 0. The van der Waals surface area contributed by atoms with Crippen molar-refractivity contribution >= 4 is 5.88 Å². The third-order valence-corrected chi connectivity index (χ3v) is 3.12. The maximum atomic E-state index is 13.8. The molecule has 1 fully saturated rings. The Hall–Kier alpha value is -1.88. The van der Waals surface area contributed by atoms with Gasteiger partial charge in [-0.05, 0) is 18.9 Å². The Morgan fingerprint density at radius 2 is 2.17 bits per heavy atom. The molecule has 2 heterocycles. The van der Waals surface area contributed by atoms with Crippen LogP contribution in [0, 0.1) is 5.82 Å². The second-order valence-corrected chi connectivity index (χ2v) is 4.29. The van der Waals surface area contributed by atoms with E-state index in [1.807, 2.05) is 0 Å². The molecular weight excluding hydrogens is 235 g/mol. The highest BCUT2D eigenvalue weighted by Gasteiger charge is 2.28. The molecule has 0 radical (unpaired) electrons. The highest BCUT2D eigenvalue weighted by molar-refractivity contribution is 5.75. The Morgan fingerprint density at radius 1 is 1.33 bits per heavy atom. The lowest BCUT2D eigenvalue weighted by atomic mass is 10.0. The van der Waals surface area contributed by atoms with Gasteiger partial charge in [0.2, 0.25) is 5.88 Å². The second-order valence-electron chi connectivity index (χ2n) is 4.29. The van der Waals surface area contributed by atoms with E-state index in [0.717, 1.165) is 12.8 Å². The first-order valence-electron chi connectivity index (χ1n) is 5.89. The molecule has 0 spiro atoms. The van der Waals surface area contributed by atoms with Crippen molar-refractivity contribution in [3.8, 4) is 11.1 Å². The van der Waals surface area contributed by atoms with Gasteiger partial charge in [-0.15, -0.1) is 0 Å². The lowest BCUT2D eigenvalue weighted by Crippen LogP contribution is -2.00. The Kier molecular flexibility index (Phi) is 2.76. The summed E-state index contributed by atoms with van der Waals surface area (Å²) in [7, 11) is 0. The number of ether oxygens (including phenoxy) is 1. The number of benzene rings is 1. The SMILES string of the molecule is Nc1onc(C2CCCO2)c1-c1ccccc1F. The molecule has 1 aromatic carbocycles. The van der Waals surface area contributed by atoms with Gasteiger partial charge in [0, 0.05) is 12.2 Å². The molecule has 1 aliphatic heterocycles. The zero-order valence-corrected chi connectivity index (χ0v) is 9.73. The zero-order chi connectivity index (χ0) is 12.5. The van der Waals surface area contributed by atoms with Gasteiger partial charge in [0.15, 0.2) is 0 Å². The Labute approximate surface area is 104 Å². The fraction of sp³-hybridized carbons (Fsp3) is 0.308. The molecule has 0 bridgehead atoms. The summed E-state index contributed by atoms with van der Waals surface area (Å²) in [6.07, 6.45) is 1.67. The second kappa shape index (κ2) is 4.42. The fourth-order valence-electron chi connectivity index (χ4n) is 2.26. The highest BCUT2D eigenvalue weighted by Crippen LogP contribution is 2.39. The summed E-state index contributed by atoms with van der Waals surface area (Å²) in [5.41, 5.74) is 7.27. The van der Waals surface area contributed by atoms with Crippen molar-refractivity contribution in [2.24, 2.45) is 0 Å². The number of aromatic nitrogens is 1. The van der Waals surface area contributed by atoms with E-state index in [0.29, 0.717) is 23.4 Å². The summed E-state index contributed by atoms with van der Waals surface area (Å²) in [6, 6.07) is 6.44. The number of nitrogen functional groups attached to an aromatic ring is 1. The predicted octanol–water partition coefficient (Wildman–Crippen LogP) is 2.91. The Balaban J connectivity index is 2.11. The van der Waals surface area contributed by atoms with E-state index in [1.54, 1.807) is 18.2 Å². The zero-order valence-electron chi connectivity index (χ0n) is 9.73. The molecule has 18 heavy (non-hydrogen) atoms. The fourth-order valence-corrected chi connectivity index (χ4v) is 2.26. The van der Waals surface area contributed by atoms with Gasteiger partial charge in [-0.25, -0.2) is 4.39 Å². The van der Waals surface area contributed by atoms with Crippen molar-refractivity contribution in [2.45, 2.75) is 18.9 Å². The average Bonchev–Trinajstić information content (AvgIpc) is 2.99. The number of anilines is 1. The molecule has 2 aromatic rings. The first kappa shape index (κ1) is 11.2. The molecule has 1 unspecified atom stereocenters. The standard InChI is InChI=1S/C13H13FN2O2/c14-9-5-2-1-4-8(9)11-12(16-18-13(11)15)10-6-3-7-17-10/h1-2,4-5,10H,3,6-7,15H2. The molecule has 5 heteroatoms. The van der Waals surface area contributed by atoms with Crippen molar-refractivity contribution in [1.29, 1.82) is 0 Å². The minimum absolute atomic E-state index is 0.130. The van der Waals surface area contributed by atoms with Gasteiger partial charge in [0.1, 0.15) is 17.6 Å². The van der Waals surface area contributed by atoms with Gasteiger partial charge in [0.25, 0.3) is 0 Å². The number of halogens is 1. The largest absolute Gasteiger partial charge is 0.372 e. The number of nitrogens with two attached hydrogens (primary N) is 1. The van der Waals surface area contributed by atoms with Crippen LogP contribution < -0.4 is 5.73 Å². The summed E-state index contributed by atoms with van der Waals surface area (Å²) in [5.74, 6) is -0.211. The van der Waals surface area contributed by atoms with Gasteiger partial charge in [-0.2, -0.15) is 0 Å². The van der Waals surface area contributed by atoms with Crippen LogP contribution in [-0.2, 0) is 4.74 Å². The molecule has 3 rings (SSSR count). The van der Waals surface area contributed by atoms with E-state index in [9.17, 15) is 4.39 Å². The van der Waals surface area contributed by atoms with Crippen LogP contribution in [-0.4, -0.2) is 11.8 Å². The molecule has 0 amide bonds. The van der Waals surface area contributed by atoms with Crippen LogP contribution in [0.3, 0.4) is 0 Å². The van der Waals surface area contributed by atoms with E-state index in [1.165, 1.54) is 6.07 Å². The summed E-state index contributed by atoms with van der Waals surface area (Å²) >= 11 is 0. The smallest absolute Gasteiger partial charge is 0.230 e. The van der Waals surface area contributed by atoms with Gasteiger partial charge in [-0.3, -0.25) is 0 Å². The molecule has 1 aliphatic rings. The lowest BCUT2D eigenvalue weighted by molar-refractivity contribution is 0.106. The minimum atomic E-state index is -0.341. The van der Waals surface area contributed by atoms with Crippen molar-refractivity contribution in [2.75, 3.05) is 12.3 Å². The van der Waals surface area contributed by atoms with Gasteiger partial charge < -0.3 is 15.0 Å². The van der Waals surface area contributed by atoms with Crippen LogP contribution in [0.4, 0.5) is 10.3 Å². The third-order valence-electron chi connectivity index (χ3n) is 3.12. The monoisotopic (exact) mass is 248 g/mol. The summed E-state index contributed by atoms with van der Waals surface area (Å²) < 4.78 is 24.4. The van der Waals surface area contributed by atoms with Gasteiger partial charge in [0.05, 0.1) is 5.56 Å². The number of nitrogens with zero attached hydrogens (tertiary/aromatic N) is 1. The lowest BCUT2D eigenvalue weighted by Gasteiger charge is -2.08. The number of hydrogen-bond donors (Lipinski definition) is 1. The van der Waals surface area contributed by atoms with Crippen LogP contribution in [0.2, 0.25) is 0 Å². The van der Waals surface area contributed by atoms with Crippen molar-refractivity contribution in [3.05, 3.63) is 35.8 Å². The normalized spacial score (nSPS) is 19.3. The molecule has 4 nitrogen and oxygen atoms in total. The molecular formula is C13H13FN2O2. The van der Waals surface area contributed by atoms with E-state index >= 15 is 0 Å². The maximum Gasteiger partial charge on any atom is 0.230 e. The molecule has 94 valence electrons. The first-order chi connectivity index (χ1) is 8.77. The molecule has 0 aliphatic carbocycles. The van der Waals surface area contributed by atoms with Crippen LogP contribution in [0.25, 0.3) is 11.1 Å². The minimum Gasteiger partial charge on any atom is -0.372 e. The molecule has 1 saturated heterocycles. The maximum absolute atomic E-state index is 13.8. The number of hydrogen-bond acceptors (Lipinski definition) is 4. The third kappa shape index (κ3) is 1.76. The van der Waals surface area contributed by atoms with Gasteiger partial charge in [-0.1, -0.05) is 23.4 Å². The van der Waals surface area contributed by atoms with E-state index < -0.39 is 0 Å². The molecule has 1 atom stereocenters. The first-order valence-corrected chi connectivity index (χ1v) is 5.89. The van der Waals surface area contributed by atoms with E-state index in [4.69, 9.17) is 15.0 Å². The van der Waals surface area contributed by atoms with Crippen LogP contribution >= 0.6 is 0 Å². The Bertz CT molecular complexity index is 562. The topological polar surface area (TPSA) is 61.3 Å². The average molecular weight is 248 g/mol. The summed E-state index contributed by atoms with van der Waals surface area (Å²) in [5, 5.41) is 3.92. The number of rotatable bonds is 2. The molecule has 0 saturated carbocycles. The molecule has 1 aromatic heterocycles. The van der Waals surface area contributed by atoms with E-state index in [-0.39, 0.29) is 17.8 Å². The Morgan fingerprint density at radius 3 is 2.89 bits per heavy atom. The van der Waals surface area contributed by atoms with Crippen LogP contribution in [0.5, 0.6) is 0 Å². The van der Waals surface area contributed by atoms with Gasteiger partial charge >= 0.3 is 0 Å².